The van der Waals surface area contributed by atoms with Crippen LogP contribution in [0, 0.1) is 0 Å². The summed E-state index contributed by atoms with van der Waals surface area (Å²) in [6.45, 7) is 2.53. The summed E-state index contributed by atoms with van der Waals surface area (Å²) >= 11 is 3.34. The van der Waals surface area contributed by atoms with Crippen LogP contribution in [-0.4, -0.2) is 6.54 Å². The highest BCUT2D eigenvalue weighted by Gasteiger charge is 1.98. The summed E-state index contributed by atoms with van der Waals surface area (Å²) in [5.41, 5.74) is 6.51. The van der Waals surface area contributed by atoms with Crippen molar-refractivity contribution in [3.05, 3.63) is 28.1 Å². The first kappa shape index (κ1) is 8.56. The van der Waals surface area contributed by atoms with Gasteiger partial charge in [-0.05, 0) is 35.0 Å². The molecule has 0 saturated heterocycles. The van der Waals surface area contributed by atoms with E-state index in [9.17, 15) is 0 Å². The van der Waals surface area contributed by atoms with Crippen LogP contribution in [0.5, 0.6) is 0 Å². The van der Waals surface area contributed by atoms with Gasteiger partial charge in [0, 0.05) is 6.54 Å². The molecule has 1 heterocycles. The fourth-order valence-corrected chi connectivity index (χ4v) is 1.01. The minimum Gasteiger partial charge on any atom is -0.464 e. The lowest BCUT2D eigenvalue weighted by atomic mass is 10.2. The van der Waals surface area contributed by atoms with E-state index in [4.69, 9.17) is 10.2 Å². The molecule has 0 spiro atoms. The molecule has 1 rings (SSSR count). The molecule has 0 aliphatic heterocycles. The van der Waals surface area contributed by atoms with E-state index in [0.29, 0.717) is 6.54 Å². The number of hydrogen-bond acceptors (Lipinski definition) is 2. The minimum atomic E-state index is 0.563. The summed E-state index contributed by atoms with van der Waals surface area (Å²) in [4.78, 5) is 0. The minimum absolute atomic E-state index is 0.563. The van der Waals surface area contributed by atoms with Gasteiger partial charge in [-0.3, -0.25) is 0 Å². The molecule has 0 saturated carbocycles. The third kappa shape index (κ3) is 2.20. The van der Waals surface area contributed by atoms with Crippen LogP contribution in [0.1, 0.15) is 12.7 Å². The normalized spacial score (nSPS) is 12.1. The second kappa shape index (κ2) is 3.74. The van der Waals surface area contributed by atoms with E-state index in [2.05, 4.69) is 15.9 Å². The van der Waals surface area contributed by atoms with Crippen LogP contribution in [0.15, 0.2) is 26.8 Å². The maximum Gasteiger partial charge on any atom is 0.140 e. The summed E-state index contributed by atoms with van der Waals surface area (Å²) in [6, 6.07) is 1.86. The second-order valence-electron chi connectivity index (χ2n) is 2.33. The van der Waals surface area contributed by atoms with E-state index in [1.807, 2.05) is 19.1 Å². The van der Waals surface area contributed by atoms with E-state index in [0.717, 1.165) is 15.8 Å². The van der Waals surface area contributed by atoms with Crippen molar-refractivity contribution in [1.29, 1.82) is 0 Å². The van der Waals surface area contributed by atoms with E-state index in [1.54, 1.807) is 6.26 Å². The zero-order chi connectivity index (χ0) is 8.27. The average Bonchev–Trinajstić information content (AvgIpc) is 2.37. The molecule has 2 nitrogen and oxygen atoms in total. The molecule has 0 fully saturated rings. The first-order chi connectivity index (χ1) is 5.24. The van der Waals surface area contributed by atoms with Gasteiger partial charge in [-0.1, -0.05) is 5.57 Å². The van der Waals surface area contributed by atoms with Gasteiger partial charge in [-0.25, -0.2) is 0 Å². The zero-order valence-electron chi connectivity index (χ0n) is 6.30. The number of hydrogen-bond donors (Lipinski definition) is 1. The van der Waals surface area contributed by atoms with Crippen LogP contribution in [0.2, 0.25) is 0 Å². The highest BCUT2D eigenvalue weighted by molar-refractivity contribution is 9.10. The Balaban J connectivity index is 2.86. The first-order valence-corrected chi connectivity index (χ1v) is 4.13. The maximum atomic E-state index is 5.41. The summed E-state index contributed by atoms with van der Waals surface area (Å²) in [6.07, 6.45) is 3.56. The molecular weight excluding hydrogens is 206 g/mol. The molecule has 0 aliphatic carbocycles. The Morgan fingerprint density at radius 3 is 3.00 bits per heavy atom. The maximum absolute atomic E-state index is 5.41. The van der Waals surface area contributed by atoms with Gasteiger partial charge in [-0.15, -0.1) is 0 Å². The van der Waals surface area contributed by atoms with Crippen molar-refractivity contribution in [1.82, 2.24) is 0 Å². The van der Waals surface area contributed by atoms with E-state index in [-0.39, 0.29) is 0 Å². The van der Waals surface area contributed by atoms with Gasteiger partial charge in [-0.2, -0.15) is 0 Å². The van der Waals surface area contributed by atoms with Gasteiger partial charge in [0.1, 0.15) is 5.76 Å². The largest absolute Gasteiger partial charge is 0.464 e. The molecule has 0 aromatic carbocycles. The van der Waals surface area contributed by atoms with Crippen molar-refractivity contribution in [2.45, 2.75) is 6.92 Å². The van der Waals surface area contributed by atoms with Crippen LogP contribution in [-0.2, 0) is 0 Å². The number of rotatable bonds is 2. The van der Waals surface area contributed by atoms with Gasteiger partial charge in [0.25, 0.3) is 0 Å². The van der Waals surface area contributed by atoms with E-state index in [1.165, 1.54) is 0 Å². The highest BCUT2D eigenvalue weighted by Crippen LogP contribution is 2.19. The Labute approximate surface area is 74.2 Å². The Kier molecular flexibility index (Phi) is 2.91. The van der Waals surface area contributed by atoms with Crippen molar-refractivity contribution < 1.29 is 4.42 Å². The molecule has 0 unspecified atom stereocenters. The quantitative estimate of drug-likeness (QED) is 0.824. The summed E-state index contributed by atoms with van der Waals surface area (Å²) in [7, 11) is 0. The Bertz CT molecular complexity index is 265. The van der Waals surface area contributed by atoms with Crippen molar-refractivity contribution in [2.24, 2.45) is 5.73 Å². The average molecular weight is 216 g/mol. The molecule has 0 radical (unpaired) electrons. The molecule has 1 aromatic rings. The molecule has 60 valence electrons. The van der Waals surface area contributed by atoms with Gasteiger partial charge >= 0.3 is 0 Å². The molecule has 0 aliphatic rings. The monoisotopic (exact) mass is 215 g/mol. The Hall–Kier alpha value is -0.540. The van der Waals surface area contributed by atoms with Gasteiger partial charge < -0.3 is 10.2 Å². The highest BCUT2D eigenvalue weighted by atomic mass is 79.9. The van der Waals surface area contributed by atoms with Gasteiger partial charge in [0.05, 0.1) is 10.7 Å². The predicted octanol–water partition coefficient (Wildman–Crippen LogP) is 2.40. The molecule has 0 amide bonds. The summed E-state index contributed by atoms with van der Waals surface area (Å²) < 4.78 is 6.12. The van der Waals surface area contributed by atoms with Crippen LogP contribution < -0.4 is 5.73 Å². The topological polar surface area (TPSA) is 39.2 Å². The number of furan rings is 1. The lowest BCUT2D eigenvalue weighted by molar-refractivity contribution is 0.555. The fourth-order valence-electron chi connectivity index (χ4n) is 0.691. The third-order valence-corrected chi connectivity index (χ3v) is 2.00. The first-order valence-electron chi connectivity index (χ1n) is 3.34. The molecule has 1 aromatic heterocycles. The fraction of sp³-hybridized carbons (Fsp3) is 0.250. The zero-order valence-corrected chi connectivity index (χ0v) is 7.89. The molecule has 2 N–H and O–H groups in total. The lowest BCUT2D eigenvalue weighted by Gasteiger charge is -1.92. The van der Waals surface area contributed by atoms with Crippen molar-refractivity contribution in [2.75, 3.05) is 6.54 Å². The Morgan fingerprint density at radius 1 is 1.82 bits per heavy atom. The SMILES string of the molecule is C/C(=C/c1occc1Br)CN. The van der Waals surface area contributed by atoms with Crippen LogP contribution in [0.3, 0.4) is 0 Å². The van der Waals surface area contributed by atoms with Crippen molar-refractivity contribution >= 4 is 22.0 Å². The Morgan fingerprint density at radius 2 is 2.55 bits per heavy atom. The molecule has 11 heavy (non-hydrogen) atoms. The van der Waals surface area contributed by atoms with Crippen molar-refractivity contribution in [3.8, 4) is 0 Å². The van der Waals surface area contributed by atoms with E-state index < -0.39 is 0 Å². The summed E-state index contributed by atoms with van der Waals surface area (Å²) in [5.74, 6) is 0.827. The predicted molar refractivity (Wildman–Crippen MR) is 49.1 cm³/mol. The van der Waals surface area contributed by atoms with Crippen molar-refractivity contribution in [3.63, 3.8) is 0 Å². The van der Waals surface area contributed by atoms with E-state index >= 15 is 0 Å². The molecule has 0 bridgehead atoms. The number of halogens is 1. The molecule has 0 atom stereocenters. The third-order valence-electron chi connectivity index (χ3n) is 1.34. The van der Waals surface area contributed by atoms with Crippen LogP contribution in [0.4, 0.5) is 0 Å². The molecular formula is C8H10BrNO. The van der Waals surface area contributed by atoms with Crippen LogP contribution >= 0.6 is 15.9 Å². The molecule has 3 heteroatoms. The van der Waals surface area contributed by atoms with Gasteiger partial charge in [0.2, 0.25) is 0 Å². The lowest BCUT2D eigenvalue weighted by Crippen LogP contribution is -1.98. The summed E-state index contributed by atoms with van der Waals surface area (Å²) in [5, 5.41) is 0. The smallest absolute Gasteiger partial charge is 0.140 e. The number of nitrogens with two attached hydrogens (primary N) is 1. The standard InChI is InChI=1S/C8H10BrNO/c1-6(5-10)4-8-7(9)2-3-11-8/h2-4H,5,10H2,1H3/b6-4-. The van der Waals surface area contributed by atoms with Crippen LogP contribution in [0.25, 0.3) is 6.08 Å². The van der Waals surface area contributed by atoms with Gasteiger partial charge in [0.15, 0.2) is 0 Å². The second-order valence-corrected chi connectivity index (χ2v) is 3.18.